The average Bonchev–Trinajstić information content (AvgIpc) is 2.18. The van der Waals surface area contributed by atoms with Gasteiger partial charge in [0.2, 0.25) is 0 Å². The minimum atomic E-state index is 0.372. The van der Waals surface area contributed by atoms with E-state index in [4.69, 9.17) is 4.74 Å². The summed E-state index contributed by atoms with van der Waals surface area (Å²) < 4.78 is 5.84. The lowest BCUT2D eigenvalue weighted by Gasteiger charge is -2.34. The van der Waals surface area contributed by atoms with E-state index < -0.39 is 0 Å². The first-order valence-corrected chi connectivity index (χ1v) is 7.79. The Labute approximate surface area is 103 Å². The Morgan fingerprint density at radius 3 is 2.40 bits per heavy atom. The van der Waals surface area contributed by atoms with Crippen molar-refractivity contribution in [3.63, 3.8) is 0 Å². The number of hydrogen-bond donors (Lipinski definition) is 1. The van der Waals surface area contributed by atoms with Gasteiger partial charge in [0.1, 0.15) is 0 Å². The molecule has 0 radical (unpaired) electrons. The van der Waals surface area contributed by atoms with Gasteiger partial charge in [-0.2, -0.15) is 0 Å². The van der Waals surface area contributed by atoms with Crippen LogP contribution in [0.15, 0.2) is 0 Å². The number of hydrogen-bond acceptors (Lipinski definition) is 4. The Bertz CT molecular complexity index is 170. The maximum Gasteiger partial charge on any atom is 0.0579 e. The predicted octanol–water partition coefficient (Wildman–Crippen LogP) is 3.19. The van der Waals surface area contributed by atoms with E-state index in [-0.39, 0.29) is 0 Å². The number of ether oxygens (including phenoxy) is 1. The van der Waals surface area contributed by atoms with Gasteiger partial charge in [0.05, 0.1) is 18.1 Å². The molecule has 0 amide bonds. The van der Waals surface area contributed by atoms with Crippen molar-refractivity contribution >= 4 is 22.5 Å². The SMILES string of the molecule is CC(C)O[C@H]1CC[C@@H](N(C)CSS)CC1. The molecule has 0 aromatic rings. The fourth-order valence-corrected chi connectivity index (χ4v) is 3.14. The summed E-state index contributed by atoms with van der Waals surface area (Å²) in [6.45, 7) is 4.24. The molecule has 1 aliphatic rings. The third-order valence-electron chi connectivity index (χ3n) is 2.99. The Morgan fingerprint density at radius 2 is 1.93 bits per heavy atom. The summed E-state index contributed by atoms with van der Waals surface area (Å²) in [7, 11) is 3.80. The summed E-state index contributed by atoms with van der Waals surface area (Å²) >= 11 is 4.19. The molecule has 0 N–H and O–H groups in total. The monoisotopic (exact) mass is 249 g/mol. The van der Waals surface area contributed by atoms with Gasteiger partial charge >= 0.3 is 0 Å². The quantitative estimate of drug-likeness (QED) is 0.457. The van der Waals surface area contributed by atoms with Crippen LogP contribution in [0.3, 0.4) is 0 Å². The fraction of sp³-hybridized carbons (Fsp3) is 1.00. The molecule has 1 rings (SSSR count). The summed E-state index contributed by atoms with van der Waals surface area (Å²) in [4.78, 5) is 2.41. The van der Waals surface area contributed by atoms with Crippen LogP contribution in [-0.2, 0) is 4.74 Å². The number of thiol groups is 1. The van der Waals surface area contributed by atoms with Crippen molar-refractivity contribution in [3.8, 4) is 0 Å². The van der Waals surface area contributed by atoms with Crippen LogP contribution < -0.4 is 0 Å². The molecule has 0 spiro atoms. The topological polar surface area (TPSA) is 12.5 Å². The highest BCUT2D eigenvalue weighted by molar-refractivity contribution is 8.68. The summed E-state index contributed by atoms with van der Waals surface area (Å²) in [5.74, 6) is 1.02. The van der Waals surface area contributed by atoms with Crippen LogP contribution in [-0.4, -0.2) is 36.1 Å². The molecule has 1 aliphatic carbocycles. The minimum Gasteiger partial charge on any atom is -0.376 e. The molecule has 15 heavy (non-hydrogen) atoms. The number of nitrogens with zero attached hydrogens (tertiary/aromatic N) is 1. The molecular formula is C11H23NOS2. The van der Waals surface area contributed by atoms with E-state index in [0.717, 1.165) is 11.9 Å². The van der Waals surface area contributed by atoms with Gasteiger partial charge in [-0.25, -0.2) is 0 Å². The smallest absolute Gasteiger partial charge is 0.0579 e. The van der Waals surface area contributed by atoms with Crippen LogP contribution in [0.5, 0.6) is 0 Å². The summed E-state index contributed by atoms with van der Waals surface area (Å²) in [5.41, 5.74) is 0. The highest BCUT2D eigenvalue weighted by Gasteiger charge is 2.24. The second-order valence-corrected chi connectivity index (χ2v) is 5.92. The Balaban J connectivity index is 2.23. The van der Waals surface area contributed by atoms with Crippen molar-refractivity contribution in [2.75, 3.05) is 12.9 Å². The van der Waals surface area contributed by atoms with Crippen LogP contribution in [0.4, 0.5) is 0 Å². The predicted molar refractivity (Wildman–Crippen MR) is 71.5 cm³/mol. The zero-order valence-corrected chi connectivity index (χ0v) is 11.7. The van der Waals surface area contributed by atoms with Crippen LogP contribution in [0, 0.1) is 0 Å². The molecule has 0 aliphatic heterocycles. The lowest BCUT2D eigenvalue weighted by molar-refractivity contribution is -0.0228. The van der Waals surface area contributed by atoms with E-state index in [1.165, 1.54) is 25.7 Å². The molecule has 0 heterocycles. The van der Waals surface area contributed by atoms with Crippen molar-refractivity contribution in [2.45, 2.75) is 57.8 Å². The van der Waals surface area contributed by atoms with E-state index in [2.05, 4.69) is 37.5 Å². The standard InChI is InChI=1S/C11H23NOS2/c1-9(2)13-11-6-4-10(5-7-11)12(3)8-15-14/h9-11,14H,4-8H2,1-3H3/t10-,11+. The van der Waals surface area contributed by atoms with E-state index in [0.29, 0.717) is 12.2 Å². The van der Waals surface area contributed by atoms with Gasteiger partial charge in [-0.1, -0.05) is 10.8 Å². The summed E-state index contributed by atoms with van der Waals surface area (Å²) in [5, 5.41) is 0. The molecule has 90 valence electrons. The van der Waals surface area contributed by atoms with Gasteiger partial charge in [0.25, 0.3) is 0 Å². The highest BCUT2D eigenvalue weighted by atomic mass is 33.1. The third-order valence-corrected chi connectivity index (χ3v) is 3.86. The van der Waals surface area contributed by atoms with Crippen molar-refractivity contribution in [1.82, 2.24) is 4.90 Å². The Kier molecular flexibility index (Phi) is 6.43. The van der Waals surface area contributed by atoms with Gasteiger partial charge < -0.3 is 4.74 Å². The molecule has 1 saturated carbocycles. The minimum absolute atomic E-state index is 0.372. The average molecular weight is 249 g/mol. The maximum absolute atomic E-state index is 5.84. The van der Waals surface area contributed by atoms with Crippen molar-refractivity contribution in [3.05, 3.63) is 0 Å². The molecule has 0 aromatic heterocycles. The molecule has 0 saturated heterocycles. The van der Waals surface area contributed by atoms with E-state index in [1.807, 2.05) is 0 Å². The molecule has 4 heteroatoms. The third kappa shape index (κ3) is 4.98. The lowest BCUT2D eigenvalue weighted by Crippen LogP contribution is -2.37. The molecule has 2 nitrogen and oxygen atoms in total. The van der Waals surface area contributed by atoms with Crippen LogP contribution in [0.1, 0.15) is 39.5 Å². The molecule has 1 fully saturated rings. The second-order valence-electron chi connectivity index (χ2n) is 4.63. The van der Waals surface area contributed by atoms with Crippen LogP contribution in [0.25, 0.3) is 0 Å². The first kappa shape index (κ1) is 13.7. The zero-order valence-electron chi connectivity index (χ0n) is 9.98. The van der Waals surface area contributed by atoms with Crippen molar-refractivity contribution < 1.29 is 4.74 Å². The van der Waals surface area contributed by atoms with Crippen LogP contribution in [0.2, 0.25) is 0 Å². The highest BCUT2D eigenvalue weighted by Crippen LogP contribution is 2.26. The van der Waals surface area contributed by atoms with Crippen LogP contribution >= 0.6 is 22.5 Å². The normalized spacial score (nSPS) is 27.6. The largest absolute Gasteiger partial charge is 0.376 e. The zero-order chi connectivity index (χ0) is 11.3. The van der Waals surface area contributed by atoms with E-state index in [9.17, 15) is 0 Å². The van der Waals surface area contributed by atoms with Gasteiger partial charge in [-0.15, -0.1) is 11.7 Å². The molecule has 0 bridgehead atoms. The summed E-state index contributed by atoms with van der Waals surface area (Å²) in [6.07, 6.45) is 5.83. The van der Waals surface area contributed by atoms with Gasteiger partial charge in [-0.05, 0) is 46.6 Å². The van der Waals surface area contributed by atoms with E-state index in [1.54, 1.807) is 10.8 Å². The second kappa shape index (κ2) is 7.05. The lowest BCUT2D eigenvalue weighted by atomic mass is 9.92. The van der Waals surface area contributed by atoms with Gasteiger partial charge in [0.15, 0.2) is 0 Å². The summed E-state index contributed by atoms with van der Waals surface area (Å²) in [6, 6.07) is 0.733. The first-order valence-electron chi connectivity index (χ1n) is 5.75. The van der Waals surface area contributed by atoms with Gasteiger partial charge in [-0.3, -0.25) is 4.90 Å². The van der Waals surface area contributed by atoms with Crippen molar-refractivity contribution in [1.29, 1.82) is 0 Å². The fourth-order valence-electron chi connectivity index (χ4n) is 2.20. The molecule has 0 atom stereocenters. The van der Waals surface area contributed by atoms with E-state index >= 15 is 0 Å². The molecule has 0 unspecified atom stereocenters. The Hall–Kier alpha value is 0.620. The molecular weight excluding hydrogens is 226 g/mol. The Morgan fingerprint density at radius 1 is 1.33 bits per heavy atom. The van der Waals surface area contributed by atoms with Gasteiger partial charge in [0, 0.05) is 6.04 Å². The number of rotatable bonds is 5. The first-order chi connectivity index (χ1) is 7.13. The maximum atomic E-state index is 5.84. The van der Waals surface area contributed by atoms with Crippen molar-refractivity contribution in [2.24, 2.45) is 0 Å². The molecule has 0 aromatic carbocycles.